The van der Waals surface area contributed by atoms with Gasteiger partial charge in [0.25, 0.3) is 5.91 Å². The van der Waals surface area contributed by atoms with E-state index in [0.717, 1.165) is 11.3 Å². The SMILES string of the molecule is CCC(NC(=O)c1ccc(C)c(F)c1)c1ncc(-c2ccccc2)[nH]1. The Hall–Kier alpha value is -2.95. The molecule has 0 bridgehead atoms. The summed E-state index contributed by atoms with van der Waals surface area (Å²) in [5.41, 5.74) is 2.74. The molecule has 1 aromatic heterocycles. The van der Waals surface area contributed by atoms with Crippen LogP contribution in [0.3, 0.4) is 0 Å². The summed E-state index contributed by atoms with van der Waals surface area (Å²) < 4.78 is 13.7. The maximum absolute atomic E-state index is 13.7. The van der Waals surface area contributed by atoms with Gasteiger partial charge in [-0.05, 0) is 36.6 Å². The van der Waals surface area contributed by atoms with E-state index in [1.807, 2.05) is 37.3 Å². The van der Waals surface area contributed by atoms with E-state index < -0.39 is 0 Å². The zero-order valence-corrected chi connectivity index (χ0v) is 14.2. The van der Waals surface area contributed by atoms with Gasteiger partial charge in [-0.1, -0.05) is 43.3 Å². The lowest BCUT2D eigenvalue weighted by molar-refractivity contribution is 0.0933. The van der Waals surface area contributed by atoms with Gasteiger partial charge in [-0.25, -0.2) is 9.37 Å². The third-order valence-electron chi connectivity index (χ3n) is 4.16. The van der Waals surface area contributed by atoms with Crippen molar-refractivity contribution < 1.29 is 9.18 Å². The van der Waals surface area contributed by atoms with E-state index in [0.29, 0.717) is 23.4 Å². The predicted molar refractivity (Wildman–Crippen MR) is 95.7 cm³/mol. The van der Waals surface area contributed by atoms with Crippen LogP contribution >= 0.6 is 0 Å². The summed E-state index contributed by atoms with van der Waals surface area (Å²) >= 11 is 0. The third kappa shape index (κ3) is 3.76. The molecule has 128 valence electrons. The van der Waals surface area contributed by atoms with Crippen molar-refractivity contribution >= 4 is 5.91 Å². The van der Waals surface area contributed by atoms with Crippen LogP contribution in [0.25, 0.3) is 11.3 Å². The Morgan fingerprint density at radius 2 is 2.00 bits per heavy atom. The number of aromatic nitrogens is 2. The Morgan fingerprint density at radius 1 is 1.24 bits per heavy atom. The molecule has 0 aliphatic heterocycles. The predicted octanol–water partition coefficient (Wildman–Crippen LogP) is 4.41. The molecule has 0 saturated carbocycles. The van der Waals surface area contributed by atoms with Gasteiger partial charge in [0, 0.05) is 5.56 Å². The first-order valence-corrected chi connectivity index (χ1v) is 8.26. The fourth-order valence-electron chi connectivity index (χ4n) is 2.62. The summed E-state index contributed by atoms with van der Waals surface area (Å²) in [4.78, 5) is 20.1. The number of benzene rings is 2. The lowest BCUT2D eigenvalue weighted by atomic mass is 10.1. The third-order valence-corrected chi connectivity index (χ3v) is 4.16. The van der Waals surface area contributed by atoms with Crippen molar-refractivity contribution in [2.24, 2.45) is 0 Å². The Kier molecular flexibility index (Phi) is 4.93. The molecule has 0 radical (unpaired) electrons. The maximum atomic E-state index is 13.7. The number of hydrogen-bond acceptors (Lipinski definition) is 2. The number of aromatic amines is 1. The molecule has 2 N–H and O–H groups in total. The quantitative estimate of drug-likeness (QED) is 0.725. The van der Waals surface area contributed by atoms with Gasteiger partial charge in [0.1, 0.15) is 11.6 Å². The van der Waals surface area contributed by atoms with Crippen LogP contribution in [0.1, 0.15) is 41.1 Å². The van der Waals surface area contributed by atoms with Crippen LogP contribution in [0, 0.1) is 12.7 Å². The molecule has 25 heavy (non-hydrogen) atoms. The van der Waals surface area contributed by atoms with Crippen molar-refractivity contribution in [3.05, 3.63) is 77.5 Å². The van der Waals surface area contributed by atoms with Crippen LogP contribution in [-0.2, 0) is 0 Å². The number of carbonyl (C=O) groups excluding carboxylic acids is 1. The fraction of sp³-hybridized carbons (Fsp3) is 0.200. The second-order valence-corrected chi connectivity index (χ2v) is 5.95. The summed E-state index contributed by atoms with van der Waals surface area (Å²) in [6.45, 7) is 3.63. The van der Waals surface area contributed by atoms with E-state index in [4.69, 9.17) is 0 Å². The Morgan fingerprint density at radius 3 is 2.68 bits per heavy atom. The number of nitrogens with zero attached hydrogens (tertiary/aromatic N) is 1. The van der Waals surface area contributed by atoms with Crippen LogP contribution in [0.4, 0.5) is 4.39 Å². The van der Waals surface area contributed by atoms with Crippen LogP contribution in [0.2, 0.25) is 0 Å². The van der Waals surface area contributed by atoms with Gasteiger partial charge in [0.15, 0.2) is 0 Å². The fourth-order valence-corrected chi connectivity index (χ4v) is 2.62. The molecule has 0 aliphatic rings. The summed E-state index contributed by atoms with van der Waals surface area (Å²) in [6, 6.07) is 14.1. The van der Waals surface area contributed by atoms with Gasteiger partial charge in [0.05, 0.1) is 17.9 Å². The first-order chi connectivity index (χ1) is 12.1. The van der Waals surface area contributed by atoms with Crippen molar-refractivity contribution in [2.45, 2.75) is 26.3 Å². The molecule has 3 aromatic rings. The largest absolute Gasteiger partial charge is 0.342 e. The molecule has 1 amide bonds. The number of imidazole rings is 1. The Labute approximate surface area is 146 Å². The number of nitrogens with one attached hydrogen (secondary N) is 2. The minimum Gasteiger partial charge on any atom is -0.342 e. The smallest absolute Gasteiger partial charge is 0.251 e. The highest BCUT2D eigenvalue weighted by atomic mass is 19.1. The van der Waals surface area contributed by atoms with E-state index in [-0.39, 0.29) is 17.8 Å². The average molecular weight is 337 g/mol. The van der Waals surface area contributed by atoms with Crippen molar-refractivity contribution in [3.63, 3.8) is 0 Å². The monoisotopic (exact) mass is 337 g/mol. The number of amides is 1. The summed E-state index contributed by atoms with van der Waals surface area (Å²) in [5, 5.41) is 2.91. The summed E-state index contributed by atoms with van der Waals surface area (Å²) in [7, 11) is 0. The van der Waals surface area contributed by atoms with Crippen molar-refractivity contribution in [2.75, 3.05) is 0 Å². The van der Waals surface area contributed by atoms with Gasteiger partial charge < -0.3 is 10.3 Å². The summed E-state index contributed by atoms with van der Waals surface area (Å²) in [5.74, 6) is -0.0178. The molecule has 0 saturated heterocycles. The van der Waals surface area contributed by atoms with Crippen LogP contribution < -0.4 is 5.32 Å². The zero-order valence-electron chi connectivity index (χ0n) is 14.2. The van der Waals surface area contributed by atoms with Crippen molar-refractivity contribution in [1.82, 2.24) is 15.3 Å². The molecule has 0 aliphatic carbocycles. The molecule has 0 spiro atoms. The van der Waals surface area contributed by atoms with Gasteiger partial charge >= 0.3 is 0 Å². The molecule has 1 unspecified atom stereocenters. The first kappa shape index (κ1) is 16.9. The highest BCUT2D eigenvalue weighted by Gasteiger charge is 2.18. The molecule has 3 rings (SSSR count). The molecule has 2 aromatic carbocycles. The number of hydrogen-bond donors (Lipinski definition) is 2. The van der Waals surface area contributed by atoms with Gasteiger partial charge in [-0.15, -0.1) is 0 Å². The normalized spacial score (nSPS) is 12.0. The van der Waals surface area contributed by atoms with Gasteiger partial charge in [-0.2, -0.15) is 0 Å². The van der Waals surface area contributed by atoms with Crippen LogP contribution in [-0.4, -0.2) is 15.9 Å². The number of aryl methyl sites for hydroxylation is 1. The van der Waals surface area contributed by atoms with E-state index >= 15 is 0 Å². The number of H-pyrrole nitrogens is 1. The Bertz CT molecular complexity index is 874. The average Bonchev–Trinajstić information content (AvgIpc) is 3.12. The van der Waals surface area contributed by atoms with Crippen molar-refractivity contribution in [3.8, 4) is 11.3 Å². The van der Waals surface area contributed by atoms with Crippen LogP contribution in [0.15, 0.2) is 54.7 Å². The maximum Gasteiger partial charge on any atom is 0.251 e. The van der Waals surface area contributed by atoms with Crippen molar-refractivity contribution in [1.29, 1.82) is 0 Å². The van der Waals surface area contributed by atoms with E-state index in [2.05, 4.69) is 15.3 Å². The summed E-state index contributed by atoms with van der Waals surface area (Å²) in [6.07, 6.45) is 2.42. The molecule has 5 heteroatoms. The highest BCUT2D eigenvalue weighted by molar-refractivity contribution is 5.94. The second kappa shape index (κ2) is 7.30. The molecular weight excluding hydrogens is 317 g/mol. The zero-order chi connectivity index (χ0) is 17.8. The standard InChI is InChI=1S/C20H20FN3O/c1-3-17(24-20(25)15-10-9-13(2)16(21)11-15)19-22-12-18(23-19)14-7-5-4-6-8-14/h4-12,17H,3H2,1-2H3,(H,22,23)(H,24,25). The molecule has 0 fully saturated rings. The molecule has 1 atom stereocenters. The minimum absolute atomic E-state index is 0.269. The van der Waals surface area contributed by atoms with Crippen LogP contribution in [0.5, 0.6) is 0 Å². The lowest BCUT2D eigenvalue weighted by Gasteiger charge is -2.15. The number of rotatable bonds is 5. The van der Waals surface area contributed by atoms with Gasteiger partial charge in [0.2, 0.25) is 0 Å². The molecule has 1 heterocycles. The lowest BCUT2D eigenvalue weighted by Crippen LogP contribution is -2.29. The molecular formula is C20H20FN3O. The van der Waals surface area contributed by atoms with E-state index in [9.17, 15) is 9.18 Å². The topological polar surface area (TPSA) is 57.8 Å². The number of carbonyl (C=O) groups is 1. The molecule has 4 nitrogen and oxygen atoms in total. The minimum atomic E-state index is -0.384. The van der Waals surface area contributed by atoms with Gasteiger partial charge in [-0.3, -0.25) is 4.79 Å². The highest BCUT2D eigenvalue weighted by Crippen LogP contribution is 2.21. The first-order valence-electron chi connectivity index (χ1n) is 8.26. The van der Waals surface area contributed by atoms with E-state index in [1.165, 1.54) is 6.07 Å². The Balaban J connectivity index is 1.77. The number of halogens is 1. The second-order valence-electron chi connectivity index (χ2n) is 5.95. The van der Waals surface area contributed by atoms with E-state index in [1.54, 1.807) is 25.3 Å².